The summed E-state index contributed by atoms with van der Waals surface area (Å²) in [5.41, 5.74) is 0.573. The summed E-state index contributed by atoms with van der Waals surface area (Å²) in [6, 6.07) is 2.64. The smallest absolute Gasteiger partial charge is 0.217 e. The van der Waals surface area contributed by atoms with Crippen molar-refractivity contribution in [1.29, 1.82) is 0 Å². The Bertz CT molecular complexity index is 481. The average molecular weight is 239 g/mol. The van der Waals surface area contributed by atoms with Gasteiger partial charge in [0, 0.05) is 11.1 Å². The Hall–Kier alpha value is -1.45. The first-order valence-corrected chi connectivity index (χ1v) is 5.64. The van der Waals surface area contributed by atoms with Crippen LogP contribution >= 0.6 is 0 Å². The highest BCUT2D eigenvalue weighted by Crippen LogP contribution is 2.25. The molecule has 92 valence electrons. The predicted molar refractivity (Wildman–Crippen MR) is 62.3 cm³/mol. The molecule has 0 bridgehead atoms. The molecule has 17 heavy (non-hydrogen) atoms. The van der Waals surface area contributed by atoms with E-state index in [0.717, 1.165) is 6.07 Å². The number of hydrogen-bond donors (Lipinski definition) is 0. The molecule has 0 atom stereocenters. The summed E-state index contributed by atoms with van der Waals surface area (Å²) in [6.07, 6.45) is 0.404. The molecule has 0 unspecified atom stereocenters. The van der Waals surface area contributed by atoms with Crippen LogP contribution in [0.25, 0.3) is 0 Å². The molecule has 1 heterocycles. The molecule has 0 amide bonds. The van der Waals surface area contributed by atoms with E-state index in [0.29, 0.717) is 30.1 Å². The van der Waals surface area contributed by atoms with Crippen LogP contribution < -0.4 is 0 Å². The summed E-state index contributed by atoms with van der Waals surface area (Å²) < 4.78 is 32.2. The second kappa shape index (κ2) is 4.09. The predicted octanol–water partition coefficient (Wildman–Crippen LogP) is 3.08. The second-order valence-electron chi connectivity index (χ2n) is 4.76. The number of ether oxygens (including phenoxy) is 1. The lowest BCUT2D eigenvalue weighted by molar-refractivity contribution is 0.279. The minimum atomic E-state index is -0.830. The Kier molecular flexibility index (Phi) is 2.89. The first kappa shape index (κ1) is 12.0. The van der Waals surface area contributed by atoms with Crippen LogP contribution in [-0.4, -0.2) is 18.0 Å². The molecule has 1 aromatic rings. The van der Waals surface area contributed by atoms with Gasteiger partial charge in [-0.3, -0.25) is 0 Å². The number of aliphatic imine (C=N–C) groups is 1. The van der Waals surface area contributed by atoms with E-state index in [1.165, 1.54) is 6.07 Å². The van der Waals surface area contributed by atoms with Crippen LogP contribution in [0.4, 0.5) is 8.78 Å². The van der Waals surface area contributed by atoms with Gasteiger partial charge in [0.05, 0.1) is 5.54 Å². The normalized spacial score (nSPS) is 17.8. The van der Waals surface area contributed by atoms with E-state index < -0.39 is 11.6 Å². The fourth-order valence-corrected chi connectivity index (χ4v) is 1.86. The molecule has 1 aromatic carbocycles. The van der Waals surface area contributed by atoms with Gasteiger partial charge in [0.2, 0.25) is 5.90 Å². The van der Waals surface area contributed by atoms with Gasteiger partial charge in [-0.2, -0.15) is 0 Å². The molecule has 2 rings (SSSR count). The van der Waals surface area contributed by atoms with E-state index in [1.807, 2.05) is 13.8 Å². The Balaban J connectivity index is 2.50. The molecule has 0 radical (unpaired) electrons. The number of nitrogens with zero attached hydrogens (tertiary/aromatic N) is 1. The number of rotatable bonds is 2. The summed E-state index contributed by atoms with van der Waals surface area (Å²) in [4.78, 5) is 4.38. The van der Waals surface area contributed by atoms with Gasteiger partial charge in [-0.15, -0.1) is 0 Å². The molecule has 1 aliphatic heterocycles. The lowest BCUT2D eigenvalue weighted by Crippen LogP contribution is -2.17. The lowest BCUT2D eigenvalue weighted by Gasteiger charge is -2.09. The van der Waals surface area contributed by atoms with Crippen LogP contribution in [-0.2, 0) is 11.2 Å². The van der Waals surface area contributed by atoms with Crippen molar-refractivity contribution in [2.75, 3.05) is 6.61 Å². The molecular formula is C13H15F2NO. The fraction of sp³-hybridized carbons (Fsp3) is 0.462. The fourth-order valence-electron chi connectivity index (χ4n) is 1.86. The van der Waals surface area contributed by atoms with E-state index in [1.54, 1.807) is 6.92 Å². The molecule has 0 aliphatic carbocycles. The molecule has 0 aromatic heterocycles. The lowest BCUT2D eigenvalue weighted by atomic mass is 10.0. The third-order valence-electron chi connectivity index (χ3n) is 2.75. The first-order chi connectivity index (χ1) is 7.94. The van der Waals surface area contributed by atoms with Gasteiger partial charge in [0.1, 0.15) is 6.61 Å². The topological polar surface area (TPSA) is 21.6 Å². The summed E-state index contributed by atoms with van der Waals surface area (Å²) in [7, 11) is 0. The van der Waals surface area contributed by atoms with Crippen molar-refractivity contribution in [1.82, 2.24) is 0 Å². The average Bonchev–Trinajstić information content (AvgIpc) is 2.62. The van der Waals surface area contributed by atoms with Crippen molar-refractivity contribution in [3.05, 3.63) is 34.9 Å². The van der Waals surface area contributed by atoms with Gasteiger partial charge in [-0.05, 0) is 32.4 Å². The highest BCUT2D eigenvalue weighted by molar-refractivity contribution is 5.96. The van der Waals surface area contributed by atoms with Gasteiger partial charge < -0.3 is 4.74 Å². The standard InChI is InChI=1S/C13H15F2NO/c1-4-8-9(5-6-10(14)11(8)15)12-16-13(2,3)7-17-12/h5-6H,4,7H2,1-3H3. The van der Waals surface area contributed by atoms with Crippen molar-refractivity contribution in [2.24, 2.45) is 4.99 Å². The Morgan fingerprint density at radius 1 is 1.35 bits per heavy atom. The van der Waals surface area contributed by atoms with Crippen LogP contribution in [0.1, 0.15) is 31.9 Å². The zero-order valence-electron chi connectivity index (χ0n) is 10.2. The van der Waals surface area contributed by atoms with Crippen molar-refractivity contribution >= 4 is 5.90 Å². The monoisotopic (exact) mass is 239 g/mol. The van der Waals surface area contributed by atoms with Gasteiger partial charge in [-0.1, -0.05) is 6.92 Å². The zero-order valence-corrected chi connectivity index (χ0v) is 10.2. The van der Waals surface area contributed by atoms with Crippen LogP contribution in [0.15, 0.2) is 17.1 Å². The summed E-state index contributed by atoms with van der Waals surface area (Å²) in [5.74, 6) is -1.23. The molecular weight excluding hydrogens is 224 g/mol. The third-order valence-corrected chi connectivity index (χ3v) is 2.75. The van der Waals surface area contributed by atoms with Crippen molar-refractivity contribution in [3.63, 3.8) is 0 Å². The Labute approximate surface area is 99.3 Å². The molecule has 0 N–H and O–H groups in total. The number of halogens is 2. The Morgan fingerprint density at radius 2 is 2.06 bits per heavy atom. The highest BCUT2D eigenvalue weighted by Gasteiger charge is 2.29. The van der Waals surface area contributed by atoms with Crippen LogP contribution in [0.3, 0.4) is 0 Å². The highest BCUT2D eigenvalue weighted by atomic mass is 19.2. The summed E-state index contributed by atoms with van der Waals surface area (Å²) in [6.45, 7) is 6.11. The van der Waals surface area contributed by atoms with Crippen LogP contribution in [0.5, 0.6) is 0 Å². The largest absolute Gasteiger partial charge is 0.475 e. The zero-order chi connectivity index (χ0) is 12.6. The van der Waals surface area contributed by atoms with Gasteiger partial charge in [-0.25, -0.2) is 13.8 Å². The van der Waals surface area contributed by atoms with E-state index in [4.69, 9.17) is 4.74 Å². The molecule has 0 saturated carbocycles. The molecule has 0 saturated heterocycles. The number of benzene rings is 1. The number of hydrogen-bond acceptors (Lipinski definition) is 2. The van der Waals surface area contributed by atoms with Gasteiger partial charge in [0.25, 0.3) is 0 Å². The third kappa shape index (κ3) is 2.16. The molecule has 0 spiro atoms. The maximum absolute atomic E-state index is 13.6. The minimum absolute atomic E-state index is 0.300. The molecule has 1 aliphatic rings. The Morgan fingerprint density at radius 3 is 2.59 bits per heavy atom. The van der Waals surface area contributed by atoms with Crippen molar-refractivity contribution < 1.29 is 13.5 Å². The van der Waals surface area contributed by atoms with E-state index >= 15 is 0 Å². The van der Waals surface area contributed by atoms with Crippen LogP contribution in [0, 0.1) is 11.6 Å². The van der Waals surface area contributed by atoms with E-state index in [9.17, 15) is 8.78 Å². The summed E-state index contributed by atoms with van der Waals surface area (Å²) >= 11 is 0. The van der Waals surface area contributed by atoms with Crippen molar-refractivity contribution in [2.45, 2.75) is 32.7 Å². The van der Waals surface area contributed by atoms with Gasteiger partial charge in [0.15, 0.2) is 11.6 Å². The van der Waals surface area contributed by atoms with E-state index in [2.05, 4.69) is 4.99 Å². The quantitative estimate of drug-likeness (QED) is 0.777. The van der Waals surface area contributed by atoms with E-state index in [-0.39, 0.29) is 5.54 Å². The second-order valence-corrected chi connectivity index (χ2v) is 4.76. The maximum Gasteiger partial charge on any atom is 0.217 e. The molecule has 2 nitrogen and oxygen atoms in total. The van der Waals surface area contributed by atoms with Crippen molar-refractivity contribution in [3.8, 4) is 0 Å². The molecule has 4 heteroatoms. The summed E-state index contributed by atoms with van der Waals surface area (Å²) in [5, 5.41) is 0. The first-order valence-electron chi connectivity index (χ1n) is 5.64. The van der Waals surface area contributed by atoms with Gasteiger partial charge >= 0.3 is 0 Å². The SMILES string of the molecule is CCc1c(C2=NC(C)(C)CO2)ccc(F)c1F. The van der Waals surface area contributed by atoms with Crippen LogP contribution in [0.2, 0.25) is 0 Å². The minimum Gasteiger partial charge on any atom is -0.475 e. The molecule has 0 fully saturated rings. The maximum atomic E-state index is 13.6.